The fraction of sp³-hybridized carbons (Fsp3) is 0.444. The van der Waals surface area contributed by atoms with E-state index in [0.717, 1.165) is 11.6 Å². The second-order valence-corrected chi connectivity index (χ2v) is 3.23. The Morgan fingerprint density at radius 2 is 2.45 bits per heavy atom. The molecule has 0 aliphatic heterocycles. The molecule has 2 atom stereocenters. The summed E-state index contributed by atoms with van der Waals surface area (Å²) in [6, 6.07) is 0. The van der Waals surface area contributed by atoms with Gasteiger partial charge in [-0.05, 0) is 24.3 Å². The van der Waals surface area contributed by atoms with E-state index < -0.39 is 0 Å². The fourth-order valence-electron chi connectivity index (χ4n) is 1.45. The maximum atomic E-state index is 10.6. The van der Waals surface area contributed by atoms with Crippen molar-refractivity contribution in [2.45, 2.75) is 13.3 Å². The smallest absolute Gasteiger partial charge is 0.221 e. The van der Waals surface area contributed by atoms with Gasteiger partial charge in [-0.25, -0.2) is 0 Å². The molecular weight excluding hydrogens is 138 g/mol. The second kappa shape index (κ2) is 2.22. The molecule has 2 heteroatoms. The van der Waals surface area contributed by atoms with Crippen LogP contribution in [-0.2, 0) is 4.79 Å². The van der Waals surface area contributed by atoms with Crippen LogP contribution in [0.2, 0.25) is 0 Å². The van der Waals surface area contributed by atoms with Gasteiger partial charge >= 0.3 is 0 Å². The highest BCUT2D eigenvalue weighted by Crippen LogP contribution is 2.43. The Labute approximate surface area is 66.0 Å². The molecule has 2 unspecified atom stereocenters. The highest BCUT2D eigenvalue weighted by molar-refractivity contribution is 5.75. The van der Waals surface area contributed by atoms with Gasteiger partial charge in [0.1, 0.15) is 0 Å². The minimum Gasteiger partial charge on any atom is -0.327 e. The van der Waals surface area contributed by atoms with Crippen molar-refractivity contribution in [3.8, 4) is 0 Å². The lowest BCUT2D eigenvalue weighted by atomic mass is 10.1. The summed E-state index contributed by atoms with van der Waals surface area (Å²) >= 11 is 0. The third-order valence-corrected chi connectivity index (χ3v) is 2.13. The lowest BCUT2D eigenvalue weighted by Crippen LogP contribution is -2.18. The summed E-state index contributed by atoms with van der Waals surface area (Å²) in [5.41, 5.74) is 0.969. The van der Waals surface area contributed by atoms with Gasteiger partial charge in [-0.1, -0.05) is 12.2 Å². The summed E-state index contributed by atoms with van der Waals surface area (Å²) < 4.78 is 0. The van der Waals surface area contributed by atoms with Crippen LogP contribution in [0.15, 0.2) is 23.9 Å². The average Bonchev–Trinajstić information content (AvgIpc) is 2.63. The zero-order valence-corrected chi connectivity index (χ0v) is 6.50. The number of fused-ring (bicyclic) bond motifs is 1. The van der Waals surface area contributed by atoms with E-state index in [4.69, 9.17) is 0 Å². The molecule has 1 N–H and O–H groups in total. The molecule has 0 aromatic rings. The molecule has 1 saturated carbocycles. The summed E-state index contributed by atoms with van der Waals surface area (Å²) in [7, 11) is 0. The zero-order valence-electron chi connectivity index (χ0n) is 6.50. The van der Waals surface area contributed by atoms with Crippen LogP contribution in [0.5, 0.6) is 0 Å². The van der Waals surface area contributed by atoms with Crippen LogP contribution in [0.25, 0.3) is 0 Å². The quantitative estimate of drug-likeness (QED) is 0.596. The number of hydrogen-bond donors (Lipinski definition) is 1. The van der Waals surface area contributed by atoms with Gasteiger partial charge in [-0.3, -0.25) is 4.79 Å². The summed E-state index contributed by atoms with van der Waals surface area (Å²) in [4.78, 5) is 10.6. The van der Waals surface area contributed by atoms with E-state index >= 15 is 0 Å². The van der Waals surface area contributed by atoms with Crippen molar-refractivity contribution < 1.29 is 4.79 Å². The molecule has 1 amide bonds. The van der Waals surface area contributed by atoms with Crippen LogP contribution in [0, 0.1) is 11.8 Å². The largest absolute Gasteiger partial charge is 0.327 e. The Morgan fingerprint density at radius 3 is 3.09 bits per heavy atom. The molecule has 0 bridgehead atoms. The van der Waals surface area contributed by atoms with Gasteiger partial charge in [0.05, 0.1) is 0 Å². The molecule has 2 rings (SSSR count). The summed E-state index contributed by atoms with van der Waals surface area (Å²) in [5, 5.41) is 2.77. The molecule has 0 aromatic carbocycles. The molecule has 0 spiro atoms. The number of rotatable bonds is 1. The predicted molar refractivity (Wildman–Crippen MR) is 42.6 cm³/mol. The molecule has 2 aliphatic rings. The standard InChI is InChI=1S/C9H11NO/c1-6(11)10-9-3-2-7-4-8(7)5-9/h2-3,5,7-8H,4H2,1H3,(H,10,11). The minimum atomic E-state index is 0.0139. The van der Waals surface area contributed by atoms with Gasteiger partial charge < -0.3 is 5.32 Å². The SMILES string of the molecule is CC(=O)NC1=CC2CC2C=C1. The van der Waals surface area contributed by atoms with Gasteiger partial charge in [0, 0.05) is 12.6 Å². The number of nitrogens with one attached hydrogen (secondary N) is 1. The third-order valence-electron chi connectivity index (χ3n) is 2.13. The Morgan fingerprint density at radius 1 is 1.64 bits per heavy atom. The van der Waals surface area contributed by atoms with Crippen LogP contribution in [0.1, 0.15) is 13.3 Å². The van der Waals surface area contributed by atoms with Crippen molar-refractivity contribution in [3.63, 3.8) is 0 Å². The van der Waals surface area contributed by atoms with Gasteiger partial charge in [0.15, 0.2) is 0 Å². The summed E-state index contributed by atoms with van der Waals surface area (Å²) in [6.45, 7) is 1.54. The Bertz CT molecular complexity index is 252. The fourth-order valence-corrected chi connectivity index (χ4v) is 1.45. The van der Waals surface area contributed by atoms with Gasteiger partial charge in [0.25, 0.3) is 0 Å². The molecule has 58 valence electrons. The van der Waals surface area contributed by atoms with Crippen LogP contribution in [0.4, 0.5) is 0 Å². The van der Waals surface area contributed by atoms with E-state index in [1.54, 1.807) is 0 Å². The molecule has 0 aromatic heterocycles. The topological polar surface area (TPSA) is 29.1 Å². The number of carbonyl (C=O) groups excluding carboxylic acids is 1. The number of carbonyl (C=O) groups is 1. The van der Waals surface area contributed by atoms with Crippen molar-refractivity contribution in [1.82, 2.24) is 5.32 Å². The molecule has 11 heavy (non-hydrogen) atoms. The second-order valence-electron chi connectivity index (χ2n) is 3.23. The predicted octanol–water partition coefficient (Wildman–Crippen LogP) is 1.21. The first-order chi connectivity index (χ1) is 5.25. The monoisotopic (exact) mass is 149 g/mol. The Hall–Kier alpha value is -1.05. The van der Waals surface area contributed by atoms with Gasteiger partial charge in [-0.2, -0.15) is 0 Å². The van der Waals surface area contributed by atoms with Gasteiger partial charge in [0.2, 0.25) is 5.91 Å². The van der Waals surface area contributed by atoms with E-state index in [1.165, 1.54) is 13.3 Å². The summed E-state index contributed by atoms with van der Waals surface area (Å²) in [6.07, 6.45) is 7.58. The molecule has 1 fully saturated rings. The lowest BCUT2D eigenvalue weighted by molar-refractivity contribution is -0.118. The van der Waals surface area contributed by atoms with E-state index in [0.29, 0.717) is 5.92 Å². The van der Waals surface area contributed by atoms with E-state index in [-0.39, 0.29) is 5.91 Å². The highest BCUT2D eigenvalue weighted by Gasteiger charge is 2.34. The van der Waals surface area contributed by atoms with E-state index in [1.807, 2.05) is 6.08 Å². The molecule has 0 saturated heterocycles. The summed E-state index contributed by atoms with van der Waals surface area (Å²) in [5.74, 6) is 1.49. The third kappa shape index (κ3) is 1.34. The number of hydrogen-bond acceptors (Lipinski definition) is 1. The molecular formula is C9H11NO. The van der Waals surface area contributed by atoms with Crippen molar-refractivity contribution in [1.29, 1.82) is 0 Å². The van der Waals surface area contributed by atoms with Crippen molar-refractivity contribution in [3.05, 3.63) is 23.9 Å². The normalized spacial score (nSPS) is 32.3. The molecule has 0 heterocycles. The first kappa shape index (κ1) is 6.65. The molecule has 0 radical (unpaired) electrons. The van der Waals surface area contributed by atoms with Crippen LogP contribution < -0.4 is 5.32 Å². The first-order valence-corrected chi connectivity index (χ1v) is 3.93. The van der Waals surface area contributed by atoms with Crippen molar-refractivity contribution >= 4 is 5.91 Å². The van der Waals surface area contributed by atoms with Crippen LogP contribution in [-0.4, -0.2) is 5.91 Å². The number of allylic oxidation sites excluding steroid dienone is 3. The van der Waals surface area contributed by atoms with E-state index in [2.05, 4.69) is 17.5 Å². The first-order valence-electron chi connectivity index (χ1n) is 3.93. The Kier molecular flexibility index (Phi) is 1.34. The lowest BCUT2D eigenvalue weighted by Gasteiger charge is -2.05. The Balaban J connectivity index is 2.04. The zero-order chi connectivity index (χ0) is 7.84. The van der Waals surface area contributed by atoms with E-state index in [9.17, 15) is 4.79 Å². The van der Waals surface area contributed by atoms with Crippen molar-refractivity contribution in [2.24, 2.45) is 11.8 Å². The molecule has 2 nitrogen and oxygen atoms in total. The van der Waals surface area contributed by atoms with Crippen LogP contribution >= 0.6 is 0 Å². The van der Waals surface area contributed by atoms with Gasteiger partial charge in [-0.15, -0.1) is 0 Å². The van der Waals surface area contributed by atoms with Crippen LogP contribution in [0.3, 0.4) is 0 Å². The molecule has 2 aliphatic carbocycles. The number of amides is 1. The van der Waals surface area contributed by atoms with Crippen molar-refractivity contribution in [2.75, 3.05) is 0 Å². The maximum absolute atomic E-state index is 10.6. The maximum Gasteiger partial charge on any atom is 0.221 e. The average molecular weight is 149 g/mol. The minimum absolute atomic E-state index is 0.0139. The highest BCUT2D eigenvalue weighted by atomic mass is 16.1.